The van der Waals surface area contributed by atoms with Crippen molar-refractivity contribution >= 4 is 29.3 Å². The highest BCUT2D eigenvalue weighted by molar-refractivity contribution is 5.98. The fourth-order valence-electron chi connectivity index (χ4n) is 5.34. The molecule has 2 saturated heterocycles. The van der Waals surface area contributed by atoms with E-state index in [0.717, 1.165) is 11.3 Å². The van der Waals surface area contributed by atoms with Crippen molar-refractivity contribution in [2.45, 2.75) is 45.2 Å². The summed E-state index contributed by atoms with van der Waals surface area (Å²) in [6.07, 6.45) is 0.815. The number of hydrogen-bond donors (Lipinski definition) is 2. The maximum Gasteiger partial charge on any atom is 0.254 e. The van der Waals surface area contributed by atoms with Gasteiger partial charge in [0.2, 0.25) is 17.7 Å². The maximum atomic E-state index is 14.3. The van der Waals surface area contributed by atoms with Crippen molar-refractivity contribution in [3.05, 3.63) is 65.0 Å². The average Bonchev–Trinajstić information content (AvgIpc) is 3.13. The van der Waals surface area contributed by atoms with Crippen molar-refractivity contribution in [2.24, 2.45) is 11.7 Å². The lowest BCUT2D eigenvalue weighted by Gasteiger charge is -2.44. The first-order valence-corrected chi connectivity index (χ1v) is 12.7. The Morgan fingerprint density at radius 2 is 1.68 bits per heavy atom. The highest BCUT2D eigenvalue weighted by Crippen LogP contribution is 2.39. The second-order valence-electron chi connectivity index (χ2n) is 10.5. The van der Waals surface area contributed by atoms with E-state index in [4.69, 9.17) is 5.73 Å². The predicted molar refractivity (Wildman–Crippen MR) is 141 cm³/mol. The van der Waals surface area contributed by atoms with Crippen LogP contribution in [0.4, 0.5) is 10.1 Å². The number of aryl methyl sites for hydroxylation is 1. The number of amides is 4. The molecule has 9 nitrogen and oxygen atoms in total. The standard InChI is InChI=1S/C28H34FN5O4/c1-17(2)23(31-25(36)21-15-18(3)5-10-22(21)29)26(37)33-13-11-28(12-14-33)27(38)32(4)16-34(28)20-8-6-19(7-9-20)24(30)35/h5-10,15,17,23H,11-14,16H2,1-4H3,(H2,30,35)(H,31,36)/t23-/m1/s1. The zero-order valence-electron chi connectivity index (χ0n) is 22.2. The van der Waals surface area contributed by atoms with Gasteiger partial charge in [-0.1, -0.05) is 25.5 Å². The minimum absolute atomic E-state index is 0.0211. The van der Waals surface area contributed by atoms with E-state index < -0.39 is 29.2 Å². The van der Waals surface area contributed by atoms with Gasteiger partial charge in [-0.15, -0.1) is 0 Å². The van der Waals surface area contributed by atoms with E-state index >= 15 is 0 Å². The first kappa shape index (κ1) is 27.1. The molecule has 0 unspecified atom stereocenters. The molecule has 0 aliphatic carbocycles. The van der Waals surface area contributed by atoms with Gasteiger partial charge in [0.1, 0.15) is 17.4 Å². The molecule has 2 aliphatic rings. The third-order valence-electron chi connectivity index (χ3n) is 7.57. The van der Waals surface area contributed by atoms with Gasteiger partial charge in [-0.2, -0.15) is 0 Å². The summed E-state index contributed by atoms with van der Waals surface area (Å²) in [5.41, 5.74) is 6.37. The minimum atomic E-state index is -0.837. The average molecular weight is 524 g/mol. The number of carbonyl (C=O) groups is 4. The molecule has 2 aromatic carbocycles. The predicted octanol–water partition coefficient (Wildman–Crippen LogP) is 2.28. The lowest BCUT2D eigenvalue weighted by atomic mass is 9.85. The van der Waals surface area contributed by atoms with Crippen LogP contribution in [-0.2, 0) is 9.59 Å². The molecule has 0 radical (unpaired) electrons. The normalized spacial score (nSPS) is 17.7. The number of benzene rings is 2. The second kappa shape index (κ2) is 10.4. The van der Waals surface area contributed by atoms with Crippen LogP contribution in [0.3, 0.4) is 0 Å². The number of nitrogens with zero attached hydrogens (tertiary/aromatic N) is 3. The number of piperidine rings is 1. The van der Waals surface area contributed by atoms with Gasteiger partial charge in [0.25, 0.3) is 5.91 Å². The van der Waals surface area contributed by atoms with Crippen LogP contribution in [-0.4, -0.2) is 71.8 Å². The van der Waals surface area contributed by atoms with Crippen LogP contribution in [0.1, 0.15) is 53.0 Å². The summed E-state index contributed by atoms with van der Waals surface area (Å²) in [6.45, 7) is 6.46. The molecule has 3 N–H and O–H groups in total. The summed E-state index contributed by atoms with van der Waals surface area (Å²) in [5, 5.41) is 2.73. The van der Waals surface area contributed by atoms with Crippen LogP contribution in [0.2, 0.25) is 0 Å². The molecule has 0 bridgehead atoms. The summed E-state index contributed by atoms with van der Waals surface area (Å²) in [4.78, 5) is 56.5. The Morgan fingerprint density at radius 3 is 2.26 bits per heavy atom. The molecule has 2 fully saturated rings. The highest BCUT2D eigenvalue weighted by atomic mass is 19.1. The molecular formula is C28H34FN5O4. The van der Waals surface area contributed by atoms with E-state index in [0.29, 0.717) is 38.2 Å². The smallest absolute Gasteiger partial charge is 0.254 e. The highest BCUT2D eigenvalue weighted by Gasteiger charge is 2.53. The van der Waals surface area contributed by atoms with Crippen molar-refractivity contribution in [3.8, 4) is 0 Å². The number of carbonyl (C=O) groups excluding carboxylic acids is 4. The number of anilines is 1. The summed E-state index contributed by atoms with van der Waals surface area (Å²) in [6, 6.07) is 10.3. The van der Waals surface area contributed by atoms with Crippen LogP contribution < -0.4 is 16.0 Å². The fraction of sp³-hybridized carbons (Fsp3) is 0.429. The lowest BCUT2D eigenvalue weighted by Crippen LogP contribution is -2.60. The number of rotatable bonds is 6. The van der Waals surface area contributed by atoms with Crippen LogP contribution in [0.25, 0.3) is 0 Å². The van der Waals surface area contributed by atoms with Gasteiger partial charge in [0.15, 0.2) is 0 Å². The van der Waals surface area contributed by atoms with Crippen molar-refractivity contribution in [2.75, 3.05) is 31.7 Å². The fourth-order valence-corrected chi connectivity index (χ4v) is 5.34. The number of hydrogen-bond acceptors (Lipinski definition) is 5. The van der Waals surface area contributed by atoms with Crippen molar-refractivity contribution in [1.29, 1.82) is 0 Å². The molecule has 2 aliphatic heterocycles. The van der Waals surface area contributed by atoms with Crippen LogP contribution in [0.5, 0.6) is 0 Å². The molecule has 2 aromatic rings. The molecule has 0 saturated carbocycles. The van der Waals surface area contributed by atoms with Crippen LogP contribution >= 0.6 is 0 Å². The monoisotopic (exact) mass is 523 g/mol. The number of primary amides is 1. The van der Waals surface area contributed by atoms with Crippen LogP contribution in [0.15, 0.2) is 42.5 Å². The first-order valence-electron chi connectivity index (χ1n) is 12.7. The van der Waals surface area contributed by atoms with E-state index in [2.05, 4.69) is 5.32 Å². The Labute approximate surface area is 221 Å². The topological polar surface area (TPSA) is 116 Å². The Morgan fingerprint density at radius 1 is 1.05 bits per heavy atom. The molecule has 4 rings (SSSR count). The molecule has 202 valence electrons. The Bertz CT molecular complexity index is 1250. The molecule has 1 spiro atoms. The van der Waals surface area contributed by atoms with E-state index in [1.807, 2.05) is 18.7 Å². The van der Waals surface area contributed by atoms with Crippen molar-refractivity contribution < 1.29 is 23.6 Å². The SMILES string of the molecule is Cc1ccc(F)c(C(=O)N[C@@H](C(=O)N2CCC3(CC2)C(=O)N(C)CN3c2ccc(C(N)=O)cc2)C(C)C)c1. The first-order chi connectivity index (χ1) is 17.9. The Kier molecular flexibility index (Phi) is 7.44. The Hall–Kier alpha value is -3.95. The van der Waals surface area contributed by atoms with Crippen LogP contribution in [0, 0.1) is 18.7 Å². The largest absolute Gasteiger partial charge is 0.366 e. The number of halogens is 1. The third kappa shape index (κ3) is 4.94. The van der Waals surface area contributed by atoms with Gasteiger partial charge in [-0.05, 0) is 62.1 Å². The number of nitrogens with one attached hydrogen (secondary N) is 1. The van der Waals surface area contributed by atoms with Gasteiger partial charge in [-0.3, -0.25) is 19.2 Å². The minimum Gasteiger partial charge on any atom is -0.366 e. The van der Waals surface area contributed by atoms with E-state index in [1.54, 1.807) is 54.1 Å². The molecule has 1 atom stereocenters. The number of nitrogens with two attached hydrogens (primary N) is 1. The van der Waals surface area contributed by atoms with Gasteiger partial charge in [0, 0.05) is 31.4 Å². The molecular weight excluding hydrogens is 489 g/mol. The number of likely N-dealkylation sites (N-methyl/N-ethyl adjacent to an activating group) is 1. The van der Waals surface area contributed by atoms with Gasteiger partial charge in [0.05, 0.1) is 12.2 Å². The zero-order valence-corrected chi connectivity index (χ0v) is 22.2. The Balaban J connectivity index is 1.50. The molecule has 10 heteroatoms. The third-order valence-corrected chi connectivity index (χ3v) is 7.57. The summed E-state index contributed by atoms with van der Waals surface area (Å²) >= 11 is 0. The second-order valence-corrected chi connectivity index (χ2v) is 10.5. The van der Waals surface area contributed by atoms with Crippen molar-refractivity contribution in [1.82, 2.24) is 15.1 Å². The van der Waals surface area contributed by atoms with Crippen molar-refractivity contribution in [3.63, 3.8) is 0 Å². The van der Waals surface area contributed by atoms with Gasteiger partial charge in [-0.25, -0.2) is 4.39 Å². The molecule has 0 aromatic heterocycles. The quantitative estimate of drug-likeness (QED) is 0.603. The van der Waals surface area contributed by atoms with E-state index in [1.165, 1.54) is 12.1 Å². The summed E-state index contributed by atoms with van der Waals surface area (Å²) < 4.78 is 14.3. The zero-order chi connectivity index (χ0) is 27.8. The lowest BCUT2D eigenvalue weighted by molar-refractivity contribution is -0.139. The molecule has 38 heavy (non-hydrogen) atoms. The summed E-state index contributed by atoms with van der Waals surface area (Å²) in [7, 11) is 1.74. The van der Waals surface area contributed by atoms with Gasteiger partial charge < -0.3 is 25.8 Å². The maximum absolute atomic E-state index is 14.3. The molecule has 4 amide bonds. The number of likely N-dealkylation sites (tertiary alicyclic amines) is 1. The summed E-state index contributed by atoms with van der Waals surface area (Å²) in [5.74, 6) is -2.31. The molecule has 2 heterocycles. The van der Waals surface area contributed by atoms with E-state index in [-0.39, 0.29) is 23.3 Å². The van der Waals surface area contributed by atoms with E-state index in [9.17, 15) is 23.6 Å². The van der Waals surface area contributed by atoms with Gasteiger partial charge >= 0.3 is 0 Å².